The van der Waals surface area contributed by atoms with Gasteiger partial charge in [-0.15, -0.1) is 0 Å². The van der Waals surface area contributed by atoms with E-state index in [0.29, 0.717) is 6.54 Å². The van der Waals surface area contributed by atoms with Gasteiger partial charge in [-0.05, 0) is 6.92 Å². The standard InChI is InChI=1S/C10H19NO4/c1-6-11-9(13)15-10(4,5)14-8(12)7(2)3/h7H,6H2,1-5H3,(H,11,13). The molecule has 0 saturated carbocycles. The van der Waals surface area contributed by atoms with Crippen molar-refractivity contribution in [2.75, 3.05) is 6.54 Å². The molecule has 0 bridgehead atoms. The Balaban J connectivity index is 4.18. The Kier molecular flexibility index (Phi) is 5.11. The van der Waals surface area contributed by atoms with Crippen molar-refractivity contribution >= 4 is 12.1 Å². The lowest BCUT2D eigenvalue weighted by Gasteiger charge is -2.25. The highest BCUT2D eigenvalue weighted by Gasteiger charge is 2.28. The third-order valence-corrected chi connectivity index (χ3v) is 1.48. The summed E-state index contributed by atoms with van der Waals surface area (Å²) in [5.74, 6) is -1.88. The molecule has 0 spiro atoms. The highest BCUT2D eigenvalue weighted by atomic mass is 16.7. The van der Waals surface area contributed by atoms with Crippen LogP contribution < -0.4 is 5.32 Å². The van der Waals surface area contributed by atoms with Gasteiger partial charge in [0.2, 0.25) is 0 Å². The summed E-state index contributed by atoms with van der Waals surface area (Å²) >= 11 is 0. The maximum atomic E-state index is 11.3. The van der Waals surface area contributed by atoms with Crippen molar-refractivity contribution in [3.05, 3.63) is 0 Å². The number of nitrogens with one attached hydrogen (secondary N) is 1. The minimum Gasteiger partial charge on any atom is -0.423 e. The molecule has 0 saturated heterocycles. The van der Waals surface area contributed by atoms with Gasteiger partial charge >= 0.3 is 12.1 Å². The van der Waals surface area contributed by atoms with Crippen LogP contribution in [0.25, 0.3) is 0 Å². The zero-order valence-corrected chi connectivity index (χ0v) is 9.92. The maximum Gasteiger partial charge on any atom is 0.410 e. The summed E-state index contributed by atoms with van der Waals surface area (Å²) in [5.41, 5.74) is 0. The molecule has 0 fully saturated rings. The second kappa shape index (κ2) is 5.58. The van der Waals surface area contributed by atoms with Crippen LogP contribution in [0.5, 0.6) is 0 Å². The van der Waals surface area contributed by atoms with Crippen LogP contribution >= 0.6 is 0 Å². The SMILES string of the molecule is CCNC(=O)OC(C)(C)OC(=O)C(C)C. The smallest absolute Gasteiger partial charge is 0.410 e. The predicted molar refractivity (Wildman–Crippen MR) is 55.2 cm³/mol. The van der Waals surface area contributed by atoms with Gasteiger partial charge in [-0.1, -0.05) is 13.8 Å². The van der Waals surface area contributed by atoms with Crippen LogP contribution in [-0.4, -0.2) is 24.4 Å². The Morgan fingerprint density at radius 3 is 2.20 bits per heavy atom. The molecule has 1 amide bonds. The predicted octanol–water partition coefficient (Wildman–Crippen LogP) is 1.67. The van der Waals surface area contributed by atoms with E-state index in [2.05, 4.69) is 5.32 Å². The van der Waals surface area contributed by atoms with Crippen LogP contribution in [0, 0.1) is 5.92 Å². The molecule has 0 aliphatic heterocycles. The fourth-order valence-electron chi connectivity index (χ4n) is 0.785. The van der Waals surface area contributed by atoms with Crippen molar-refractivity contribution in [3.8, 4) is 0 Å². The zero-order chi connectivity index (χ0) is 12.1. The molecule has 0 radical (unpaired) electrons. The van der Waals surface area contributed by atoms with Crippen LogP contribution in [0.15, 0.2) is 0 Å². The Morgan fingerprint density at radius 2 is 1.80 bits per heavy atom. The van der Waals surface area contributed by atoms with E-state index < -0.39 is 17.8 Å². The van der Waals surface area contributed by atoms with Crippen LogP contribution in [-0.2, 0) is 14.3 Å². The Morgan fingerprint density at radius 1 is 1.27 bits per heavy atom. The number of amides is 1. The van der Waals surface area contributed by atoms with E-state index in [9.17, 15) is 9.59 Å². The third kappa shape index (κ3) is 5.93. The quantitative estimate of drug-likeness (QED) is 0.574. The van der Waals surface area contributed by atoms with E-state index in [1.54, 1.807) is 20.8 Å². The average Bonchev–Trinajstić information content (AvgIpc) is 2.01. The van der Waals surface area contributed by atoms with Gasteiger partial charge in [0.05, 0.1) is 5.92 Å². The molecule has 0 unspecified atom stereocenters. The molecule has 1 N–H and O–H groups in total. The summed E-state index contributed by atoms with van der Waals surface area (Å²) in [7, 11) is 0. The van der Waals surface area contributed by atoms with E-state index >= 15 is 0 Å². The number of carbonyl (C=O) groups is 2. The monoisotopic (exact) mass is 217 g/mol. The highest BCUT2D eigenvalue weighted by molar-refractivity contribution is 5.72. The lowest BCUT2D eigenvalue weighted by Crippen LogP contribution is -2.39. The molecular weight excluding hydrogens is 198 g/mol. The molecule has 0 aliphatic carbocycles. The summed E-state index contributed by atoms with van der Waals surface area (Å²) in [6.07, 6.45) is -0.598. The van der Waals surface area contributed by atoms with Crippen molar-refractivity contribution in [2.45, 2.75) is 40.4 Å². The van der Waals surface area contributed by atoms with Crippen molar-refractivity contribution in [1.82, 2.24) is 5.32 Å². The van der Waals surface area contributed by atoms with Crippen LogP contribution in [0.3, 0.4) is 0 Å². The normalized spacial score (nSPS) is 11.1. The number of carbonyl (C=O) groups excluding carboxylic acids is 2. The van der Waals surface area contributed by atoms with Crippen molar-refractivity contribution < 1.29 is 19.1 Å². The fraction of sp³-hybridized carbons (Fsp3) is 0.800. The minimum absolute atomic E-state index is 0.248. The average molecular weight is 217 g/mol. The van der Waals surface area contributed by atoms with Crippen LogP contribution in [0.1, 0.15) is 34.6 Å². The van der Waals surface area contributed by atoms with Crippen LogP contribution in [0.4, 0.5) is 4.79 Å². The van der Waals surface area contributed by atoms with Crippen molar-refractivity contribution in [1.29, 1.82) is 0 Å². The van der Waals surface area contributed by atoms with E-state index in [-0.39, 0.29) is 5.92 Å². The van der Waals surface area contributed by atoms with Crippen LogP contribution in [0.2, 0.25) is 0 Å². The topological polar surface area (TPSA) is 64.6 Å². The van der Waals surface area contributed by atoms with E-state index in [4.69, 9.17) is 9.47 Å². The van der Waals surface area contributed by atoms with Gasteiger partial charge in [-0.2, -0.15) is 0 Å². The molecule has 0 heterocycles. The summed E-state index contributed by atoms with van der Waals surface area (Å²) < 4.78 is 9.90. The second-order valence-corrected chi connectivity index (χ2v) is 3.90. The molecule has 5 nitrogen and oxygen atoms in total. The number of hydrogen-bond acceptors (Lipinski definition) is 4. The first-order valence-electron chi connectivity index (χ1n) is 4.98. The number of rotatable bonds is 4. The molecule has 0 aromatic heterocycles. The summed E-state index contributed by atoms with van der Waals surface area (Å²) in [5, 5.41) is 2.45. The second-order valence-electron chi connectivity index (χ2n) is 3.90. The largest absolute Gasteiger partial charge is 0.423 e. The Hall–Kier alpha value is -1.26. The molecule has 88 valence electrons. The summed E-state index contributed by atoms with van der Waals surface area (Å²) in [4.78, 5) is 22.3. The Bertz CT molecular complexity index is 236. The lowest BCUT2D eigenvalue weighted by atomic mass is 10.2. The first-order valence-corrected chi connectivity index (χ1v) is 4.98. The van der Waals surface area contributed by atoms with Gasteiger partial charge in [0.15, 0.2) is 0 Å². The first kappa shape index (κ1) is 13.7. The third-order valence-electron chi connectivity index (χ3n) is 1.48. The molecular formula is C10H19NO4. The van der Waals surface area contributed by atoms with Crippen molar-refractivity contribution in [3.63, 3.8) is 0 Å². The Labute approximate surface area is 90.1 Å². The molecule has 5 heteroatoms. The van der Waals surface area contributed by atoms with E-state index in [0.717, 1.165) is 0 Å². The zero-order valence-electron chi connectivity index (χ0n) is 9.92. The van der Waals surface area contributed by atoms with Gasteiger partial charge in [0, 0.05) is 20.4 Å². The number of hydrogen-bond donors (Lipinski definition) is 1. The number of ether oxygens (including phenoxy) is 2. The molecule has 15 heavy (non-hydrogen) atoms. The molecule has 0 aliphatic rings. The molecule has 0 rings (SSSR count). The summed E-state index contributed by atoms with van der Waals surface area (Å²) in [6, 6.07) is 0. The van der Waals surface area contributed by atoms with Gasteiger partial charge in [0.25, 0.3) is 5.79 Å². The van der Waals surface area contributed by atoms with Gasteiger partial charge in [0.1, 0.15) is 0 Å². The lowest BCUT2D eigenvalue weighted by molar-refractivity contribution is -0.198. The molecule has 0 aromatic carbocycles. The number of esters is 1. The molecule has 0 atom stereocenters. The van der Waals surface area contributed by atoms with E-state index in [1.165, 1.54) is 13.8 Å². The highest BCUT2D eigenvalue weighted by Crippen LogP contribution is 2.14. The van der Waals surface area contributed by atoms with Crippen molar-refractivity contribution in [2.24, 2.45) is 5.92 Å². The minimum atomic E-state index is -1.24. The van der Waals surface area contributed by atoms with Gasteiger partial charge in [-0.25, -0.2) is 4.79 Å². The molecule has 0 aromatic rings. The number of alkyl carbamates (subject to hydrolysis) is 1. The van der Waals surface area contributed by atoms with Gasteiger partial charge in [-0.3, -0.25) is 4.79 Å². The summed E-state index contributed by atoms with van der Waals surface area (Å²) in [6.45, 7) is 8.70. The van der Waals surface area contributed by atoms with E-state index in [1.807, 2.05) is 0 Å². The first-order chi connectivity index (χ1) is 6.78. The fourth-order valence-corrected chi connectivity index (χ4v) is 0.785. The van der Waals surface area contributed by atoms with Gasteiger partial charge < -0.3 is 14.8 Å². The maximum absolute atomic E-state index is 11.3.